The summed E-state index contributed by atoms with van der Waals surface area (Å²) in [7, 11) is 1.54. The van der Waals surface area contributed by atoms with E-state index in [2.05, 4.69) is 0 Å². The Bertz CT molecular complexity index is 446. The first-order chi connectivity index (χ1) is 8.77. The fourth-order valence-electron chi connectivity index (χ4n) is 1.64. The van der Waals surface area contributed by atoms with Crippen LogP contribution in [-0.2, 0) is 17.4 Å². The molecule has 106 valence electrons. The van der Waals surface area contributed by atoms with E-state index < -0.39 is 11.7 Å². The maximum atomic E-state index is 12.8. The minimum atomic E-state index is -4.45. The molecule has 0 aromatic heterocycles. The summed E-state index contributed by atoms with van der Waals surface area (Å²) in [6.07, 6.45) is -4.73. The van der Waals surface area contributed by atoms with Crippen LogP contribution in [0.1, 0.15) is 18.1 Å². The van der Waals surface area contributed by atoms with Gasteiger partial charge < -0.3 is 10.6 Å². The largest absolute Gasteiger partial charge is 0.416 e. The molecule has 19 heavy (non-hydrogen) atoms. The van der Waals surface area contributed by atoms with E-state index in [0.29, 0.717) is 0 Å². The summed E-state index contributed by atoms with van der Waals surface area (Å²) in [6.45, 7) is 2.01. The Morgan fingerprint density at radius 3 is 2.47 bits per heavy atom. The summed E-state index contributed by atoms with van der Waals surface area (Å²) < 4.78 is 38.3. The summed E-state index contributed by atoms with van der Waals surface area (Å²) in [5, 5.41) is 0. The molecule has 0 bridgehead atoms. The van der Waals surface area contributed by atoms with E-state index in [-0.39, 0.29) is 30.5 Å². The van der Waals surface area contributed by atoms with Crippen LogP contribution in [0, 0.1) is 0 Å². The van der Waals surface area contributed by atoms with Gasteiger partial charge in [0.1, 0.15) is 0 Å². The topological polar surface area (TPSA) is 46.3 Å². The lowest BCUT2D eigenvalue weighted by molar-refractivity contribution is -0.138. The molecule has 1 aromatic rings. The molecule has 0 aliphatic carbocycles. The van der Waals surface area contributed by atoms with Gasteiger partial charge in [0.05, 0.1) is 12.0 Å². The van der Waals surface area contributed by atoms with E-state index in [1.807, 2.05) is 0 Å². The van der Waals surface area contributed by atoms with Crippen LogP contribution in [0.5, 0.6) is 0 Å². The maximum absolute atomic E-state index is 12.8. The third-order valence-corrected chi connectivity index (χ3v) is 3.06. The van der Waals surface area contributed by atoms with Crippen LogP contribution in [0.2, 0.25) is 0 Å². The Morgan fingerprint density at radius 1 is 1.37 bits per heavy atom. The molecule has 0 saturated heterocycles. The number of hydrogen-bond acceptors (Lipinski definition) is 2. The van der Waals surface area contributed by atoms with Crippen molar-refractivity contribution in [2.24, 2.45) is 5.73 Å². The molecular weight excluding hydrogens is 257 g/mol. The van der Waals surface area contributed by atoms with Crippen LogP contribution in [0.25, 0.3) is 0 Å². The summed E-state index contributed by atoms with van der Waals surface area (Å²) in [5.41, 5.74) is 4.65. The van der Waals surface area contributed by atoms with Crippen LogP contribution in [-0.4, -0.2) is 30.4 Å². The molecule has 0 spiro atoms. The van der Waals surface area contributed by atoms with E-state index in [4.69, 9.17) is 5.73 Å². The number of rotatable bonds is 4. The lowest BCUT2D eigenvalue weighted by Crippen LogP contribution is -2.40. The lowest BCUT2D eigenvalue weighted by Gasteiger charge is -2.24. The minimum absolute atomic E-state index is 0.0175. The van der Waals surface area contributed by atoms with E-state index in [1.54, 1.807) is 6.92 Å². The highest BCUT2D eigenvalue weighted by atomic mass is 19.4. The van der Waals surface area contributed by atoms with Crippen LogP contribution in [0.4, 0.5) is 13.2 Å². The molecule has 2 N–H and O–H groups in total. The average molecular weight is 274 g/mol. The fraction of sp³-hybridized carbons (Fsp3) is 0.462. The highest BCUT2D eigenvalue weighted by molar-refractivity contribution is 5.79. The van der Waals surface area contributed by atoms with Gasteiger partial charge in [0, 0.05) is 19.6 Å². The zero-order chi connectivity index (χ0) is 14.6. The highest BCUT2D eigenvalue weighted by Crippen LogP contribution is 2.32. The number of carbonyl (C=O) groups excluding carboxylic acids is 1. The minimum Gasteiger partial charge on any atom is -0.341 e. The van der Waals surface area contributed by atoms with E-state index >= 15 is 0 Å². The van der Waals surface area contributed by atoms with E-state index in [0.717, 1.165) is 6.07 Å². The van der Waals surface area contributed by atoms with Crippen LogP contribution >= 0.6 is 0 Å². The number of nitrogens with two attached hydrogens (primary N) is 1. The Labute approximate surface area is 110 Å². The predicted molar refractivity (Wildman–Crippen MR) is 66.4 cm³/mol. The first-order valence-electron chi connectivity index (χ1n) is 5.88. The van der Waals surface area contributed by atoms with Gasteiger partial charge in [-0.15, -0.1) is 0 Å². The molecule has 1 aromatic carbocycles. The molecule has 0 aliphatic rings. The van der Waals surface area contributed by atoms with E-state index in [9.17, 15) is 18.0 Å². The molecule has 0 aliphatic heterocycles. The smallest absolute Gasteiger partial charge is 0.341 e. The molecule has 6 heteroatoms. The number of likely N-dealkylation sites (N-methyl/N-ethyl adjacent to an activating group) is 1. The average Bonchev–Trinajstić information content (AvgIpc) is 2.36. The van der Waals surface area contributed by atoms with Crippen molar-refractivity contribution < 1.29 is 18.0 Å². The van der Waals surface area contributed by atoms with Gasteiger partial charge in [0.2, 0.25) is 5.91 Å². The molecule has 0 saturated carbocycles. The van der Waals surface area contributed by atoms with Crippen molar-refractivity contribution in [1.29, 1.82) is 0 Å². The molecule has 1 rings (SSSR count). The van der Waals surface area contributed by atoms with Crippen molar-refractivity contribution >= 4 is 5.91 Å². The molecule has 1 unspecified atom stereocenters. The Morgan fingerprint density at radius 2 is 1.95 bits per heavy atom. The highest BCUT2D eigenvalue weighted by Gasteiger charge is 2.33. The molecule has 3 nitrogen and oxygen atoms in total. The van der Waals surface area contributed by atoms with Gasteiger partial charge in [-0.25, -0.2) is 0 Å². The van der Waals surface area contributed by atoms with Crippen LogP contribution in [0.3, 0.4) is 0 Å². The van der Waals surface area contributed by atoms with Gasteiger partial charge in [-0.1, -0.05) is 18.2 Å². The molecule has 0 heterocycles. The molecular formula is C13H17F3N2O. The SMILES string of the molecule is CC(CN)N(C)C(=O)Cc1ccccc1C(F)(F)F. The molecule has 1 atom stereocenters. The summed E-state index contributed by atoms with van der Waals surface area (Å²) in [4.78, 5) is 13.3. The number of amides is 1. The van der Waals surface area contributed by atoms with E-state index in [1.165, 1.54) is 30.1 Å². The first-order valence-corrected chi connectivity index (χ1v) is 5.88. The Hall–Kier alpha value is -1.56. The number of carbonyl (C=O) groups is 1. The number of benzene rings is 1. The second kappa shape index (κ2) is 6.06. The quantitative estimate of drug-likeness (QED) is 0.913. The van der Waals surface area contributed by atoms with Crippen LogP contribution in [0.15, 0.2) is 24.3 Å². The van der Waals surface area contributed by atoms with Gasteiger partial charge in [0.15, 0.2) is 0 Å². The van der Waals surface area contributed by atoms with Crippen molar-refractivity contribution in [1.82, 2.24) is 4.90 Å². The van der Waals surface area contributed by atoms with Crippen molar-refractivity contribution in [3.63, 3.8) is 0 Å². The fourth-order valence-corrected chi connectivity index (χ4v) is 1.64. The predicted octanol–water partition coefficient (Wildman–Crippen LogP) is 2.05. The van der Waals surface area contributed by atoms with Crippen LogP contribution < -0.4 is 5.73 Å². The third kappa shape index (κ3) is 3.96. The normalized spacial score (nSPS) is 13.2. The van der Waals surface area contributed by atoms with Gasteiger partial charge in [0.25, 0.3) is 0 Å². The van der Waals surface area contributed by atoms with Crippen molar-refractivity contribution in [2.75, 3.05) is 13.6 Å². The van der Waals surface area contributed by atoms with Gasteiger partial charge in [-0.2, -0.15) is 13.2 Å². The summed E-state index contributed by atoms with van der Waals surface area (Å²) in [6, 6.07) is 4.90. The zero-order valence-corrected chi connectivity index (χ0v) is 10.9. The van der Waals surface area contributed by atoms with Gasteiger partial charge in [-0.3, -0.25) is 4.79 Å². The molecule has 0 fully saturated rings. The molecule has 1 amide bonds. The monoisotopic (exact) mass is 274 g/mol. The number of hydrogen-bond donors (Lipinski definition) is 1. The second-order valence-corrected chi connectivity index (χ2v) is 4.42. The van der Waals surface area contributed by atoms with Crippen molar-refractivity contribution in [2.45, 2.75) is 25.6 Å². The number of nitrogens with zero attached hydrogens (tertiary/aromatic N) is 1. The maximum Gasteiger partial charge on any atom is 0.416 e. The Kier molecular flexibility index (Phi) is 4.94. The van der Waals surface area contributed by atoms with Crippen molar-refractivity contribution in [3.8, 4) is 0 Å². The second-order valence-electron chi connectivity index (χ2n) is 4.42. The standard InChI is InChI=1S/C13H17F3N2O/c1-9(8-17)18(2)12(19)7-10-5-3-4-6-11(10)13(14,15)16/h3-6,9H,7-8,17H2,1-2H3. The number of halogens is 3. The first kappa shape index (κ1) is 15.5. The zero-order valence-electron chi connectivity index (χ0n) is 10.9. The number of alkyl halides is 3. The lowest BCUT2D eigenvalue weighted by atomic mass is 10.0. The third-order valence-electron chi connectivity index (χ3n) is 3.06. The summed E-state index contributed by atoms with van der Waals surface area (Å²) >= 11 is 0. The van der Waals surface area contributed by atoms with Gasteiger partial charge >= 0.3 is 6.18 Å². The summed E-state index contributed by atoms with van der Waals surface area (Å²) in [5.74, 6) is -0.380. The molecule has 0 radical (unpaired) electrons. The van der Waals surface area contributed by atoms with Crippen molar-refractivity contribution in [3.05, 3.63) is 35.4 Å². The van der Waals surface area contributed by atoms with Gasteiger partial charge in [-0.05, 0) is 18.6 Å². The Balaban J connectivity index is 2.92.